The molecule has 74 valence electrons. The molecule has 0 spiro atoms. The third-order valence-corrected chi connectivity index (χ3v) is 1.35. The fourth-order valence-electron chi connectivity index (χ4n) is 0.562. The highest BCUT2D eigenvalue weighted by Crippen LogP contribution is 2.04. The van der Waals surface area contributed by atoms with E-state index < -0.39 is 11.8 Å². The molecule has 4 heteroatoms. The lowest BCUT2D eigenvalue weighted by Crippen LogP contribution is -2.16. The van der Waals surface area contributed by atoms with Crippen LogP contribution >= 0.6 is 0 Å². The smallest absolute Gasteiger partial charge is 0.379 e. The first-order chi connectivity index (χ1) is 5.99. The summed E-state index contributed by atoms with van der Waals surface area (Å²) in [4.78, 5) is 21.7. The Kier molecular flexibility index (Phi) is 4.80. The van der Waals surface area contributed by atoms with Gasteiger partial charge < -0.3 is 9.84 Å². The standard InChI is InChI=1S/C9H14O4/c1-4-13-9(12)8(11)5-7(10)6(2)3/h5-6,10H,4H2,1-3H3/b7-5-. The van der Waals surface area contributed by atoms with Gasteiger partial charge in [-0.05, 0) is 6.92 Å². The van der Waals surface area contributed by atoms with Crippen molar-refractivity contribution in [1.82, 2.24) is 0 Å². The number of ketones is 1. The zero-order chi connectivity index (χ0) is 10.4. The molecule has 0 saturated heterocycles. The Morgan fingerprint density at radius 3 is 2.38 bits per heavy atom. The zero-order valence-electron chi connectivity index (χ0n) is 8.03. The molecule has 13 heavy (non-hydrogen) atoms. The van der Waals surface area contributed by atoms with Crippen molar-refractivity contribution in [1.29, 1.82) is 0 Å². The Balaban J connectivity index is 4.29. The van der Waals surface area contributed by atoms with Crippen molar-refractivity contribution in [3.8, 4) is 0 Å². The van der Waals surface area contributed by atoms with Crippen molar-refractivity contribution in [3.63, 3.8) is 0 Å². The minimum atomic E-state index is -0.935. The average molecular weight is 186 g/mol. The highest BCUT2D eigenvalue weighted by molar-refractivity contribution is 6.38. The summed E-state index contributed by atoms with van der Waals surface area (Å²) in [6.07, 6.45) is 0.892. The number of rotatable bonds is 4. The van der Waals surface area contributed by atoms with E-state index in [1.54, 1.807) is 20.8 Å². The van der Waals surface area contributed by atoms with Crippen molar-refractivity contribution in [2.45, 2.75) is 20.8 Å². The Bertz CT molecular complexity index is 228. The van der Waals surface area contributed by atoms with Crippen LogP contribution in [0.3, 0.4) is 0 Å². The number of hydrogen-bond donors (Lipinski definition) is 1. The number of allylic oxidation sites excluding steroid dienone is 1. The maximum Gasteiger partial charge on any atom is 0.379 e. The molecule has 0 radical (unpaired) electrons. The quantitative estimate of drug-likeness (QED) is 0.310. The Morgan fingerprint density at radius 2 is 2.00 bits per heavy atom. The summed E-state index contributed by atoms with van der Waals surface area (Å²) in [5, 5.41) is 9.15. The fourth-order valence-corrected chi connectivity index (χ4v) is 0.562. The van der Waals surface area contributed by atoms with Gasteiger partial charge in [0.1, 0.15) is 0 Å². The Morgan fingerprint density at radius 1 is 1.46 bits per heavy atom. The van der Waals surface area contributed by atoms with Gasteiger partial charge >= 0.3 is 5.97 Å². The van der Waals surface area contributed by atoms with E-state index in [0.717, 1.165) is 6.08 Å². The normalized spacial score (nSPS) is 11.5. The number of ether oxygens (including phenoxy) is 1. The van der Waals surface area contributed by atoms with E-state index in [-0.39, 0.29) is 18.3 Å². The second-order valence-electron chi connectivity index (χ2n) is 2.81. The number of carbonyl (C=O) groups is 2. The van der Waals surface area contributed by atoms with Gasteiger partial charge in [0.25, 0.3) is 5.78 Å². The Hall–Kier alpha value is -1.32. The van der Waals surface area contributed by atoms with Crippen LogP contribution in [0.2, 0.25) is 0 Å². The van der Waals surface area contributed by atoms with Gasteiger partial charge in [-0.3, -0.25) is 4.79 Å². The summed E-state index contributed by atoms with van der Waals surface area (Å²) < 4.78 is 4.44. The molecule has 4 nitrogen and oxygen atoms in total. The fraction of sp³-hybridized carbons (Fsp3) is 0.556. The van der Waals surface area contributed by atoms with Crippen LogP contribution in [0, 0.1) is 5.92 Å². The first kappa shape index (κ1) is 11.7. The SMILES string of the molecule is CCOC(=O)C(=O)/C=C(\O)C(C)C. The number of aliphatic hydroxyl groups excluding tert-OH is 1. The van der Waals surface area contributed by atoms with E-state index in [9.17, 15) is 9.59 Å². The average Bonchev–Trinajstić information content (AvgIpc) is 2.04. The van der Waals surface area contributed by atoms with E-state index >= 15 is 0 Å². The second-order valence-corrected chi connectivity index (χ2v) is 2.81. The van der Waals surface area contributed by atoms with Gasteiger partial charge in [-0.15, -0.1) is 0 Å². The summed E-state index contributed by atoms with van der Waals surface area (Å²) in [5.41, 5.74) is 0. The van der Waals surface area contributed by atoms with Gasteiger partial charge in [0.2, 0.25) is 0 Å². The van der Waals surface area contributed by atoms with E-state index in [2.05, 4.69) is 4.74 Å². The molecule has 0 saturated carbocycles. The van der Waals surface area contributed by atoms with Gasteiger partial charge in [-0.2, -0.15) is 0 Å². The molecule has 0 unspecified atom stereocenters. The van der Waals surface area contributed by atoms with Crippen LogP contribution in [0.4, 0.5) is 0 Å². The zero-order valence-corrected chi connectivity index (χ0v) is 8.03. The topological polar surface area (TPSA) is 63.6 Å². The van der Waals surface area contributed by atoms with Crippen LogP contribution < -0.4 is 0 Å². The molecule has 0 fully saturated rings. The summed E-state index contributed by atoms with van der Waals surface area (Å²) >= 11 is 0. The minimum absolute atomic E-state index is 0.113. The molecule has 0 aliphatic heterocycles. The second kappa shape index (κ2) is 5.35. The van der Waals surface area contributed by atoms with Crippen molar-refractivity contribution in [3.05, 3.63) is 11.8 Å². The van der Waals surface area contributed by atoms with Crippen LogP contribution in [-0.2, 0) is 14.3 Å². The van der Waals surface area contributed by atoms with Gasteiger partial charge in [0, 0.05) is 12.0 Å². The molecular formula is C9H14O4. The van der Waals surface area contributed by atoms with Gasteiger partial charge in [0.05, 0.1) is 12.4 Å². The molecular weight excluding hydrogens is 172 g/mol. The van der Waals surface area contributed by atoms with Crippen LogP contribution in [0.1, 0.15) is 20.8 Å². The first-order valence-electron chi connectivity index (χ1n) is 4.10. The molecule has 0 aromatic carbocycles. The highest BCUT2D eigenvalue weighted by atomic mass is 16.5. The predicted octanol–water partition coefficient (Wildman–Crippen LogP) is 1.22. The minimum Gasteiger partial charge on any atom is -0.512 e. The molecule has 0 heterocycles. The third-order valence-electron chi connectivity index (χ3n) is 1.35. The molecule has 1 N–H and O–H groups in total. The molecule has 0 aromatic heterocycles. The summed E-state index contributed by atoms with van der Waals surface area (Å²) in [7, 11) is 0. The lowest BCUT2D eigenvalue weighted by molar-refractivity contribution is -0.151. The van der Waals surface area contributed by atoms with E-state index in [0.29, 0.717) is 0 Å². The van der Waals surface area contributed by atoms with Crippen molar-refractivity contribution >= 4 is 11.8 Å². The monoisotopic (exact) mass is 186 g/mol. The molecule has 0 rings (SSSR count). The largest absolute Gasteiger partial charge is 0.512 e. The maximum absolute atomic E-state index is 10.9. The van der Waals surface area contributed by atoms with Crippen molar-refractivity contribution in [2.24, 2.45) is 5.92 Å². The van der Waals surface area contributed by atoms with Crippen molar-refractivity contribution in [2.75, 3.05) is 6.61 Å². The predicted molar refractivity (Wildman–Crippen MR) is 47.2 cm³/mol. The number of hydrogen-bond acceptors (Lipinski definition) is 4. The first-order valence-corrected chi connectivity index (χ1v) is 4.10. The van der Waals surface area contributed by atoms with E-state index in [4.69, 9.17) is 5.11 Å². The molecule has 0 amide bonds. The summed E-state index contributed by atoms with van der Waals surface area (Å²) in [6, 6.07) is 0. The van der Waals surface area contributed by atoms with Crippen molar-refractivity contribution < 1.29 is 19.4 Å². The van der Waals surface area contributed by atoms with E-state index in [1.807, 2.05) is 0 Å². The maximum atomic E-state index is 10.9. The number of aliphatic hydroxyl groups is 1. The number of esters is 1. The van der Waals surface area contributed by atoms with E-state index in [1.165, 1.54) is 0 Å². The summed E-state index contributed by atoms with van der Waals surface area (Å²) in [6.45, 7) is 5.19. The Labute approximate surface area is 77.2 Å². The van der Waals surface area contributed by atoms with Gasteiger partial charge in [0.15, 0.2) is 0 Å². The summed E-state index contributed by atoms with van der Waals surface area (Å²) in [5.74, 6) is -2.04. The lowest BCUT2D eigenvalue weighted by atomic mass is 10.1. The third kappa shape index (κ3) is 4.30. The highest BCUT2D eigenvalue weighted by Gasteiger charge is 2.13. The lowest BCUT2D eigenvalue weighted by Gasteiger charge is -2.02. The van der Waals surface area contributed by atoms with Crippen LogP contribution in [-0.4, -0.2) is 23.5 Å². The number of carbonyl (C=O) groups excluding carboxylic acids is 2. The van der Waals surface area contributed by atoms with Crippen LogP contribution in [0.25, 0.3) is 0 Å². The molecule has 0 aliphatic carbocycles. The molecule has 0 atom stereocenters. The molecule has 0 aliphatic rings. The van der Waals surface area contributed by atoms with Crippen LogP contribution in [0.15, 0.2) is 11.8 Å². The molecule has 0 aromatic rings. The van der Waals surface area contributed by atoms with Gasteiger partial charge in [-0.1, -0.05) is 13.8 Å². The van der Waals surface area contributed by atoms with Gasteiger partial charge in [-0.25, -0.2) is 4.79 Å². The van der Waals surface area contributed by atoms with Crippen LogP contribution in [0.5, 0.6) is 0 Å². The molecule has 0 bridgehead atoms.